The van der Waals surface area contributed by atoms with E-state index in [0.717, 1.165) is 24.0 Å². The number of ether oxygens (including phenoxy) is 1. The first-order chi connectivity index (χ1) is 15.5. The summed E-state index contributed by atoms with van der Waals surface area (Å²) in [5, 5.41) is 11.7. The molecule has 0 radical (unpaired) electrons. The second kappa shape index (κ2) is 8.72. The Balaban J connectivity index is 1.61. The second-order valence-corrected chi connectivity index (χ2v) is 11.0. The fourth-order valence-electron chi connectivity index (χ4n) is 6.07. The number of allylic oxidation sites excluding steroid dienone is 2. The van der Waals surface area contributed by atoms with Gasteiger partial charge in [0.2, 0.25) is 0 Å². The van der Waals surface area contributed by atoms with Crippen LogP contribution in [0.2, 0.25) is 0 Å². The number of benzene rings is 1. The highest BCUT2D eigenvalue weighted by Gasteiger charge is 2.59. The molecule has 6 atom stereocenters. The molecule has 3 aliphatic rings. The molecular weight excluding hydrogens is 412 g/mol. The molecule has 0 spiro atoms. The van der Waals surface area contributed by atoms with Gasteiger partial charge in [-0.2, -0.15) is 0 Å². The van der Waals surface area contributed by atoms with Crippen molar-refractivity contribution in [3.63, 3.8) is 0 Å². The van der Waals surface area contributed by atoms with Crippen LogP contribution in [0.5, 0.6) is 0 Å². The highest BCUT2D eigenvalue weighted by Crippen LogP contribution is 2.62. The van der Waals surface area contributed by atoms with Crippen LogP contribution in [-0.4, -0.2) is 28.6 Å². The number of aliphatic hydroxyl groups is 1. The minimum atomic E-state index is -1.56. The van der Waals surface area contributed by atoms with Crippen molar-refractivity contribution in [1.82, 2.24) is 0 Å². The fraction of sp³-hybridized carbons (Fsp3) is 0.517. The minimum absolute atomic E-state index is 0.136. The zero-order valence-electron chi connectivity index (χ0n) is 20.4. The number of Topliss-reactive ketones (excluding diaryl/α,β-unsaturated/α-hetero) is 1. The van der Waals surface area contributed by atoms with E-state index in [1.165, 1.54) is 6.08 Å². The smallest absolute Gasteiger partial charge is 0.331 e. The average molecular weight is 449 g/mol. The maximum Gasteiger partial charge on any atom is 0.331 e. The van der Waals surface area contributed by atoms with Gasteiger partial charge in [-0.15, -0.1) is 0 Å². The molecule has 2 saturated carbocycles. The molecule has 176 valence electrons. The molecule has 3 aliphatic carbocycles. The number of hydrogen-bond donors (Lipinski definition) is 1. The lowest BCUT2D eigenvalue weighted by Gasteiger charge is -2.30. The van der Waals surface area contributed by atoms with Crippen molar-refractivity contribution < 1.29 is 19.4 Å². The Morgan fingerprint density at radius 2 is 1.82 bits per heavy atom. The number of rotatable bonds is 3. The molecule has 0 heterocycles. The van der Waals surface area contributed by atoms with E-state index in [4.69, 9.17) is 4.74 Å². The predicted octanol–water partition coefficient (Wildman–Crippen LogP) is 5.53. The summed E-state index contributed by atoms with van der Waals surface area (Å²) in [4.78, 5) is 26.2. The van der Waals surface area contributed by atoms with Crippen LogP contribution in [0.15, 0.2) is 59.7 Å². The van der Waals surface area contributed by atoms with Crippen LogP contribution >= 0.6 is 0 Å². The Kier molecular flexibility index (Phi) is 6.26. The van der Waals surface area contributed by atoms with E-state index in [1.807, 2.05) is 50.3 Å². The summed E-state index contributed by atoms with van der Waals surface area (Å²) in [5.74, 6) is -0.465. The van der Waals surface area contributed by atoms with Gasteiger partial charge in [-0.05, 0) is 73.5 Å². The Hall–Kier alpha value is -2.46. The standard InChI is InChI=1S/C29H36O4/c1-18-11-13-22-23(28(22,4)5)16-19(2)27(31)29(32)17-20(3)26(24(29)15-18)33-25(30)14-12-21-9-7-6-8-10-21/h6-10,12,14-16,20,22-24,26,32H,11,13,17H2,1-5H3. The lowest BCUT2D eigenvalue weighted by molar-refractivity contribution is -0.150. The maximum atomic E-state index is 13.5. The molecule has 6 unspecified atom stereocenters. The van der Waals surface area contributed by atoms with Gasteiger partial charge in [-0.25, -0.2) is 4.79 Å². The van der Waals surface area contributed by atoms with Crippen molar-refractivity contribution >= 4 is 17.8 Å². The molecule has 4 heteroatoms. The highest BCUT2D eigenvalue weighted by molar-refractivity contribution is 6.02. The van der Waals surface area contributed by atoms with Gasteiger partial charge in [-0.3, -0.25) is 4.79 Å². The number of fused-ring (bicyclic) bond motifs is 2. The number of esters is 1. The lowest BCUT2D eigenvalue weighted by atomic mass is 9.81. The minimum Gasteiger partial charge on any atom is -0.458 e. The van der Waals surface area contributed by atoms with Crippen molar-refractivity contribution in [2.45, 2.75) is 65.6 Å². The first-order valence-corrected chi connectivity index (χ1v) is 12.1. The van der Waals surface area contributed by atoms with Crippen molar-refractivity contribution in [3.8, 4) is 0 Å². The first kappa shape index (κ1) is 23.7. The molecule has 0 aliphatic heterocycles. The Morgan fingerprint density at radius 3 is 2.52 bits per heavy atom. The van der Waals surface area contributed by atoms with E-state index in [0.29, 0.717) is 17.4 Å². The van der Waals surface area contributed by atoms with E-state index in [2.05, 4.69) is 26.8 Å². The van der Waals surface area contributed by atoms with Gasteiger partial charge < -0.3 is 9.84 Å². The van der Waals surface area contributed by atoms with Gasteiger partial charge in [0, 0.05) is 6.08 Å². The SMILES string of the molecule is CC1=CC2C(OC(=O)C=Cc3ccccc3)C(C)CC2(O)C(=O)C(C)=CC2C(CC1)C2(C)C. The molecule has 33 heavy (non-hydrogen) atoms. The molecule has 0 aromatic heterocycles. The van der Waals surface area contributed by atoms with E-state index in [1.54, 1.807) is 6.08 Å². The maximum absolute atomic E-state index is 13.5. The lowest BCUT2D eigenvalue weighted by Crippen LogP contribution is -2.45. The molecule has 0 saturated heterocycles. The molecule has 2 fully saturated rings. The van der Waals surface area contributed by atoms with E-state index < -0.39 is 23.6 Å². The fourth-order valence-corrected chi connectivity index (χ4v) is 6.07. The molecule has 1 aromatic carbocycles. The monoisotopic (exact) mass is 448 g/mol. The van der Waals surface area contributed by atoms with Crippen LogP contribution in [0.1, 0.15) is 59.4 Å². The molecule has 4 rings (SSSR count). The molecule has 1 N–H and O–H groups in total. The zero-order valence-corrected chi connectivity index (χ0v) is 20.4. The number of carbonyl (C=O) groups is 2. The van der Waals surface area contributed by atoms with Gasteiger partial charge >= 0.3 is 5.97 Å². The van der Waals surface area contributed by atoms with Crippen molar-refractivity contribution in [3.05, 3.63) is 65.3 Å². The van der Waals surface area contributed by atoms with Gasteiger partial charge in [0.15, 0.2) is 5.78 Å². The second-order valence-electron chi connectivity index (χ2n) is 11.0. The third kappa shape index (κ3) is 4.50. The molecule has 1 aromatic rings. The predicted molar refractivity (Wildman–Crippen MR) is 130 cm³/mol. The molecule has 0 bridgehead atoms. The van der Waals surface area contributed by atoms with Crippen LogP contribution in [0, 0.1) is 29.1 Å². The third-order valence-corrected chi connectivity index (χ3v) is 8.20. The van der Waals surface area contributed by atoms with Gasteiger partial charge in [-0.1, -0.05) is 68.8 Å². The summed E-state index contributed by atoms with van der Waals surface area (Å²) in [6.07, 6.45) is 8.93. The topological polar surface area (TPSA) is 63.6 Å². The van der Waals surface area contributed by atoms with Gasteiger partial charge in [0.1, 0.15) is 11.7 Å². The molecule has 0 amide bonds. The number of ketones is 1. The summed E-state index contributed by atoms with van der Waals surface area (Å²) < 4.78 is 5.87. The largest absolute Gasteiger partial charge is 0.458 e. The normalized spacial score (nSPS) is 35.7. The third-order valence-electron chi connectivity index (χ3n) is 8.20. The van der Waals surface area contributed by atoms with Gasteiger partial charge in [0.05, 0.1) is 5.92 Å². The van der Waals surface area contributed by atoms with E-state index in [-0.39, 0.29) is 23.5 Å². The molecule has 4 nitrogen and oxygen atoms in total. The molecular formula is C29H36O4. The zero-order chi connectivity index (χ0) is 24.0. The Labute approximate surface area is 197 Å². The van der Waals surface area contributed by atoms with Crippen molar-refractivity contribution in [1.29, 1.82) is 0 Å². The van der Waals surface area contributed by atoms with E-state index in [9.17, 15) is 14.7 Å². The highest BCUT2D eigenvalue weighted by atomic mass is 16.5. The summed E-state index contributed by atoms with van der Waals surface area (Å²) in [5.41, 5.74) is 1.30. The van der Waals surface area contributed by atoms with Crippen molar-refractivity contribution in [2.24, 2.45) is 29.1 Å². The number of hydrogen-bond acceptors (Lipinski definition) is 4. The van der Waals surface area contributed by atoms with Gasteiger partial charge in [0.25, 0.3) is 0 Å². The quantitative estimate of drug-likeness (QED) is 0.375. The summed E-state index contributed by atoms with van der Waals surface area (Å²) in [6, 6.07) is 9.57. The Bertz CT molecular complexity index is 1020. The summed E-state index contributed by atoms with van der Waals surface area (Å²) in [6.45, 7) is 10.4. The summed E-state index contributed by atoms with van der Waals surface area (Å²) >= 11 is 0. The van der Waals surface area contributed by atoms with E-state index >= 15 is 0 Å². The number of carbonyl (C=O) groups excluding carboxylic acids is 2. The van der Waals surface area contributed by atoms with Crippen LogP contribution < -0.4 is 0 Å². The average Bonchev–Trinajstić information content (AvgIpc) is 3.20. The summed E-state index contributed by atoms with van der Waals surface area (Å²) in [7, 11) is 0. The van der Waals surface area contributed by atoms with Crippen LogP contribution in [0.3, 0.4) is 0 Å². The van der Waals surface area contributed by atoms with Crippen LogP contribution in [0.25, 0.3) is 6.08 Å². The van der Waals surface area contributed by atoms with Crippen LogP contribution in [0.4, 0.5) is 0 Å². The van der Waals surface area contributed by atoms with Crippen molar-refractivity contribution in [2.75, 3.05) is 0 Å². The Morgan fingerprint density at radius 1 is 1.12 bits per heavy atom. The van der Waals surface area contributed by atoms with Crippen LogP contribution in [-0.2, 0) is 14.3 Å². The first-order valence-electron chi connectivity index (χ1n) is 12.1.